The van der Waals surface area contributed by atoms with Gasteiger partial charge in [0.25, 0.3) is 0 Å². The highest BCUT2D eigenvalue weighted by atomic mass is 17.1. The van der Waals surface area contributed by atoms with Crippen molar-refractivity contribution in [2.75, 3.05) is 26.9 Å². The Kier molecular flexibility index (Phi) is 10.3. The number of hydrogen-bond acceptors (Lipinski definition) is 7. The van der Waals surface area contributed by atoms with E-state index in [-0.39, 0.29) is 18.0 Å². The summed E-state index contributed by atoms with van der Waals surface area (Å²) in [5.41, 5.74) is 0. The molecule has 0 aromatic heterocycles. The van der Waals surface area contributed by atoms with Gasteiger partial charge in [0.15, 0.2) is 0 Å². The number of unbranched alkanes of at least 4 members (excludes halogenated alkanes) is 1. The zero-order valence-electron chi connectivity index (χ0n) is 9.42. The lowest BCUT2D eigenvalue weighted by atomic mass is 10.3. The molecule has 0 saturated heterocycles. The van der Waals surface area contributed by atoms with Crippen LogP contribution in [0.3, 0.4) is 0 Å². The highest BCUT2D eigenvalue weighted by Gasteiger charge is 2.02. The molecule has 16 heavy (non-hydrogen) atoms. The highest BCUT2D eigenvalue weighted by molar-refractivity contribution is 5.69. The average molecular weight is 237 g/mol. The zero-order chi connectivity index (χ0) is 12.2. The maximum atomic E-state index is 11.1. The van der Waals surface area contributed by atoms with Crippen LogP contribution < -0.4 is 0 Å². The van der Waals surface area contributed by atoms with Crippen molar-refractivity contribution in [1.29, 1.82) is 0 Å². The van der Waals surface area contributed by atoms with Crippen LogP contribution in [0, 0.1) is 0 Å². The van der Waals surface area contributed by atoms with Gasteiger partial charge in [0.2, 0.25) is 0 Å². The van der Waals surface area contributed by atoms with E-state index < -0.39 is 0 Å². The molecule has 0 rings (SSSR count). The maximum Gasteiger partial charge on any atom is 0.305 e. The van der Waals surface area contributed by atoms with E-state index in [0.29, 0.717) is 38.9 Å². The van der Waals surface area contributed by atoms with E-state index in [1.54, 1.807) is 7.11 Å². The Morgan fingerprint density at radius 1 is 1.12 bits per heavy atom. The van der Waals surface area contributed by atoms with E-state index in [2.05, 4.69) is 4.84 Å². The molecule has 0 radical (unpaired) electrons. The second-order valence-electron chi connectivity index (χ2n) is 3.11. The molecular formula is C9H19NO6. The van der Waals surface area contributed by atoms with Crippen molar-refractivity contribution in [3.8, 4) is 0 Å². The Bertz CT molecular complexity index is 175. The standard InChI is InChI=1S/C9H19NO6/c1-14-6-4-5-9(11)15-7-2-3-8-16-10(12)13/h12-13H,2-8H2,1H3. The average Bonchev–Trinajstić information content (AvgIpc) is 2.23. The Morgan fingerprint density at radius 3 is 2.44 bits per heavy atom. The fraction of sp³-hybridized carbons (Fsp3) is 0.889. The van der Waals surface area contributed by atoms with Crippen molar-refractivity contribution in [3.05, 3.63) is 0 Å². The quantitative estimate of drug-likeness (QED) is 0.329. The number of methoxy groups -OCH3 is 1. The number of carbonyl (C=O) groups is 1. The summed E-state index contributed by atoms with van der Waals surface area (Å²) < 4.78 is 9.70. The van der Waals surface area contributed by atoms with Crippen molar-refractivity contribution < 1.29 is 29.5 Å². The first-order chi connectivity index (χ1) is 7.66. The monoisotopic (exact) mass is 237 g/mol. The van der Waals surface area contributed by atoms with Crippen LogP contribution in [0.2, 0.25) is 0 Å². The summed E-state index contributed by atoms with van der Waals surface area (Å²) in [6.45, 7) is 1.02. The summed E-state index contributed by atoms with van der Waals surface area (Å²) >= 11 is 0. The van der Waals surface area contributed by atoms with Crippen LogP contribution >= 0.6 is 0 Å². The van der Waals surface area contributed by atoms with E-state index in [1.165, 1.54) is 0 Å². The molecule has 0 saturated carbocycles. The van der Waals surface area contributed by atoms with Gasteiger partial charge in [-0.1, -0.05) is 0 Å². The second kappa shape index (κ2) is 10.8. The van der Waals surface area contributed by atoms with Crippen molar-refractivity contribution >= 4 is 5.97 Å². The lowest BCUT2D eigenvalue weighted by molar-refractivity contribution is -0.492. The van der Waals surface area contributed by atoms with Crippen LogP contribution in [-0.2, 0) is 19.1 Å². The third-order valence-electron chi connectivity index (χ3n) is 1.74. The molecule has 2 N–H and O–H groups in total. The van der Waals surface area contributed by atoms with Gasteiger partial charge in [-0.05, 0) is 19.3 Å². The van der Waals surface area contributed by atoms with Crippen molar-refractivity contribution in [1.82, 2.24) is 5.39 Å². The Balaban J connectivity index is 3.15. The summed E-state index contributed by atoms with van der Waals surface area (Å²) in [6, 6.07) is 0. The van der Waals surface area contributed by atoms with Gasteiger partial charge in [0, 0.05) is 20.1 Å². The van der Waals surface area contributed by atoms with E-state index in [4.69, 9.17) is 19.9 Å². The number of nitrogens with zero attached hydrogens (tertiary/aromatic N) is 1. The van der Waals surface area contributed by atoms with Gasteiger partial charge >= 0.3 is 5.97 Å². The number of ether oxygens (including phenoxy) is 2. The van der Waals surface area contributed by atoms with Crippen LogP contribution in [0.1, 0.15) is 25.7 Å². The maximum absolute atomic E-state index is 11.1. The van der Waals surface area contributed by atoms with Crippen LogP contribution in [0.15, 0.2) is 0 Å². The molecule has 0 amide bonds. The molecule has 7 nitrogen and oxygen atoms in total. The number of carbonyl (C=O) groups excluding carboxylic acids is 1. The molecule has 0 aliphatic heterocycles. The first kappa shape index (κ1) is 15.3. The van der Waals surface area contributed by atoms with Gasteiger partial charge in [-0.2, -0.15) is 0 Å². The lowest BCUT2D eigenvalue weighted by Crippen LogP contribution is -2.15. The third-order valence-corrected chi connectivity index (χ3v) is 1.74. The number of rotatable bonds is 10. The molecule has 0 heterocycles. The largest absolute Gasteiger partial charge is 0.466 e. The summed E-state index contributed by atoms with van der Waals surface area (Å²) in [4.78, 5) is 15.4. The molecule has 0 aliphatic carbocycles. The topological polar surface area (TPSA) is 88.5 Å². The van der Waals surface area contributed by atoms with E-state index in [1.807, 2.05) is 0 Å². The van der Waals surface area contributed by atoms with E-state index in [0.717, 1.165) is 0 Å². The van der Waals surface area contributed by atoms with Crippen molar-refractivity contribution in [3.63, 3.8) is 0 Å². The van der Waals surface area contributed by atoms with Gasteiger partial charge in [0.05, 0.1) is 18.6 Å². The summed E-state index contributed by atoms with van der Waals surface area (Å²) in [5.74, 6) is -0.246. The number of esters is 1. The fourth-order valence-corrected chi connectivity index (χ4v) is 0.969. The molecule has 96 valence electrons. The molecule has 0 aliphatic rings. The van der Waals surface area contributed by atoms with Gasteiger partial charge in [-0.15, -0.1) is 0 Å². The van der Waals surface area contributed by atoms with Crippen molar-refractivity contribution in [2.24, 2.45) is 0 Å². The van der Waals surface area contributed by atoms with Crippen LogP contribution in [0.5, 0.6) is 0 Å². The molecule has 0 fully saturated rings. The number of hydrogen-bond donors (Lipinski definition) is 2. The van der Waals surface area contributed by atoms with E-state index in [9.17, 15) is 4.79 Å². The molecule has 0 aromatic rings. The van der Waals surface area contributed by atoms with Crippen LogP contribution in [-0.4, -0.2) is 48.7 Å². The van der Waals surface area contributed by atoms with Gasteiger partial charge < -0.3 is 9.47 Å². The minimum atomic E-state index is -0.337. The SMILES string of the molecule is COCCCC(=O)OCCCCON(O)O. The Morgan fingerprint density at radius 2 is 1.81 bits per heavy atom. The van der Waals surface area contributed by atoms with E-state index >= 15 is 0 Å². The van der Waals surface area contributed by atoms with Crippen LogP contribution in [0.4, 0.5) is 0 Å². The molecule has 0 atom stereocenters. The summed E-state index contributed by atoms with van der Waals surface area (Å²) in [5, 5.41) is 16.0. The molecule has 0 unspecified atom stereocenters. The highest BCUT2D eigenvalue weighted by Crippen LogP contribution is 1.97. The molecule has 7 heteroatoms. The Labute approximate surface area is 94.4 Å². The molecule has 0 aromatic carbocycles. The zero-order valence-corrected chi connectivity index (χ0v) is 9.42. The summed E-state index contributed by atoms with van der Waals surface area (Å²) in [6.07, 6.45) is 2.20. The second-order valence-corrected chi connectivity index (χ2v) is 3.11. The lowest BCUT2D eigenvalue weighted by Gasteiger charge is -2.06. The molecule has 0 bridgehead atoms. The Hall–Kier alpha value is -0.730. The van der Waals surface area contributed by atoms with Gasteiger partial charge in [0.1, 0.15) is 0 Å². The third kappa shape index (κ3) is 11.3. The predicted molar refractivity (Wildman–Crippen MR) is 52.7 cm³/mol. The predicted octanol–water partition coefficient (Wildman–Crippen LogP) is 0.748. The van der Waals surface area contributed by atoms with Crippen molar-refractivity contribution in [2.45, 2.75) is 25.7 Å². The first-order valence-corrected chi connectivity index (χ1v) is 5.12. The fourth-order valence-electron chi connectivity index (χ4n) is 0.969. The smallest absolute Gasteiger partial charge is 0.305 e. The van der Waals surface area contributed by atoms with Gasteiger partial charge in [-0.3, -0.25) is 20.0 Å². The van der Waals surface area contributed by atoms with Crippen LogP contribution in [0.25, 0.3) is 0 Å². The summed E-state index contributed by atoms with van der Waals surface area (Å²) in [7, 11) is 1.58. The normalized spacial score (nSPS) is 10.8. The minimum absolute atomic E-state index is 0.161. The first-order valence-electron chi connectivity index (χ1n) is 5.12. The van der Waals surface area contributed by atoms with Gasteiger partial charge in [-0.25, -0.2) is 0 Å². The molecule has 0 spiro atoms. The molecular weight excluding hydrogens is 218 g/mol. The minimum Gasteiger partial charge on any atom is -0.466 e.